The Balaban J connectivity index is 1.32. The number of ether oxygens (including phenoxy) is 4. The van der Waals surface area contributed by atoms with Crippen molar-refractivity contribution in [1.82, 2.24) is 9.91 Å². The molecule has 0 spiro atoms. The van der Waals surface area contributed by atoms with Gasteiger partial charge in [0, 0.05) is 43.7 Å². The smallest absolute Gasteiger partial charge is 0.411 e. The predicted molar refractivity (Wildman–Crippen MR) is 139 cm³/mol. The standard InChI is InChI=1S/C27H34N4O6/c1-3-36-25-18-21(6-10-24(25)34-2)23-9-11-26(32)31(29-23)19-20-4-7-22(8-5-20)28-27(33)37-17-14-30-12-15-35-16-13-30/h4-8,10,18H,3,9,11-17,19H2,1-2H3,(H,28,33). The summed E-state index contributed by atoms with van der Waals surface area (Å²) in [6.07, 6.45) is 0.446. The topological polar surface area (TPSA) is 102 Å². The van der Waals surface area contributed by atoms with Crippen LogP contribution in [0.5, 0.6) is 11.5 Å². The molecule has 0 bridgehead atoms. The molecular formula is C27H34N4O6. The van der Waals surface area contributed by atoms with Gasteiger partial charge in [-0.25, -0.2) is 9.80 Å². The van der Waals surface area contributed by atoms with Crippen LogP contribution >= 0.6 is 0 Å². The molecule has 37 heavy (non-hydrogen) atoms. The third-order valence-electron chi connectivity index (χ3n) is 6.18. The Morgan fingerprint density at radius 2 is 1.86 bits per heavy atom. The highest BCUT2D eigenvalue weighted by Gasteiger charge is 2.22. The van der Waals surface area contributed by atoms with Crippen LogP contribution in [-0.4, -0.2) is 80.8 Å². The first-order valence-corrected chi connectivity index (χ1v) is 12.6. The maximum atomic E-state index is 12.6. The number of morpholine rings is 1. The second kappa shape index (κ2) is 13.1. The minimum absolute atomic E-state index is 0.0339. The van der Waals surface area contributed by atoms with Crippen molar-refractivity contribution in [2.45, 2.75) is 26.3 Å². The van der Waals surface area contributed by atoms with Crippen LogP contribution in [0.25, 0.3) is 0 Å². The van der Waals surface area contributed by atoms with Gasteiger partial charge < -0.3 is 18.9 Å². The molecule has 0 aromatic heterocycles. The number of hydrogen-bond acceptors (Lipinski definition) is 8. The number of rotatable bonds is 10. The van der Waals surface area contributed by atoms with Crippen molar-refractivity contribution < 1.29 is 28.5 Å². The van der Waals surface area contributed by atoms with Crippen LogP contribution in [0.15, 0.2) is 47.6 Å². The van der Waals surface area contributed by atoms with Gasteiger partial charge in [0.1, 0.15) is 6.61 Å². The molecule has 1 saturated heterocycles. The zero-order chi connectivity index (χ0) is 26.0. The summed E-state index contributed by atoms with van der Waals surface area (Å²) in [5, 5.41) is 8.86. The van der Waals surface area contributed by atoms with Gasteiger partial charge in [-0.2, -0.15) is 5.10 Å². The molecule has 2 aliphatic heterocycles. The minimum atomic E-state index is -0.493. The molecule has 0 unspecified atom stereocenters. The second-order valence-electron chi connectivity index (χ2n) is 8.71. The van der Waals surface area contributed by atoms with Gasteiger partial charge in [0.15, 0.2) is 11.5 Å². The Kier molecular flexibility index (Phi) is 9.34. The first kappa shape index (κ1) is 26.4. The lowest BCUT2D eigenvalue weighted by Crippen LogP contribution is -2.38. The van der Waals surface area contributed by atoms with E-state index >= 15 is 0 Å². The van der Waals surface area contributed by atoms with Gasteiger partial charge >= 0.3 is 6.09 Å². The summed E-state index contributed by atoms with van der Waals surface area (Å²) in [6, 6.07) is 13.0. The minimum Gasteiger partial charge on any atom is -0.493 e. The van der Waals surface area contributed by atoms with Crippen LogP contribution in [0.3, 0.4) is 0 Å². The van der Waals surface area contributed by atoms with E-state index in [9.17, 15) is 9.59 Å². The molecule has 1 N–H and O–H groups in total. The number of nitrogens with one attached hydrogen (secondary N) is 1. The second-order valence-corrected chi connectivity index (χ2v) is 8.71. The lowest BCUT2D eigenvalue weighted by atomic mass is 10.0. The van der Waals surface area contributed by atoms with Crippen LogP contribution in [-0.2, 0) is 20.8 Å². The highest BCUT2D eigenvalue weighted by atomic mass is 16.5. The van der Waals surface area contributed by atoms with E-state index in [-0.39, 0.29) is 5.91 Å². The average Bonchev–Trinajstić information content (AvgIpc) is 2.92. The molecule has 2 aromatic carbocycles. The highest BCUT2D eigenvalue weighted by Crippen LogP contribution is 2.30. The number of nitrogens with zero attached hydrogens (tertiary/aromatic N) is 3. The Morgan fingerprint density at radius 1 is 1.08 bits per heavy atom. The predicted octanol–water partition coefficient (Wildman–Crippen LogP) is 3.50. The average molecular weight is 511 g/mol. The normalized spacial score (nSPS) is 16.2. The number of carbonyl (C=O) groups excluding carboxylic acids is 2. The van der Waals surface area contributed by atoms with E-state index in [0.717, 1.165) is 29.9 Å². The maximum Gasteiger partial charge on any atom is 0.411 e. The molecule has 0 aliphatic carbocycles. The number of hydrogen-bond donors (Lipinski definition) is 1. The van der Waals surface area contributed by atoms with Gasteiger partial charge in [0.25, 0.3) is 0 Å². The summed E-state index contributed by atoms with van der Waals surface area (Å²) in [5.74, 6) is 1.27. The van der Waals surface area contributed by atoms with Crippen LogP contribution < -0.4 is 14.8 Å². The molecule has 0 atom stereocenters. The largest absolute Gasteiger partial charge is 0.493 e. The lowest BCUT2D eigenvalue weighted by Gasteiger charge is -2.26. The number of amides is 2. The molecule has 10 nitrogen and oxygen atoms in total. The van der Waals surface area contributed by atoms with Crippen molar-refractivity contribution in [3.63, 3.8) is 0 Å². The SMILES string of the molecule is CCOc1cc(C2=NN(Cc3ccc(NC(=O)OCCN4CCOCC4)cc3)C(=O)CC2)ccc1OC. The van der Waals surface area contributed by atoms with Gasteiger partial charge in [-0.1, -0.05) is 12.1 Å². The summed E-state index contributed by atoms with van der Waals surface area (Å²) in [6.45, 7) is 6.91. The van der Waals surface area contributed by atoms with Gasteiger partial charge in [0.05, 0.1) is 39.2 Å². The van der Waals surface area contributed by atoms with Crippen molar-refractivity contribution >= 4 is 23.4 Å². The summed E-state index contributed by atoms with van der Waals surface area (Å²) < 4.78 is 21.7. The molecule has 0 saturated carbocycles. The highest BCUT2D eigenvalue weighted by molar-refractivity contribution is 6.04. The summed E-state index contributed by atoms with van der Waals surface area (Å²) in [5.41, 5.74) is 3.24. The van der Waals surface area contributed by atoms with Crippen molar-refractivity contribution in [2.24, 2.45) is 5.10 Å². The van der Waals surface area contributed by atoms with E-state index in [4.69, 9.17) is 18.9 Å². The number of methoxy groups -OCH3 is 1. The zero-order valence-electron chi connectivity index (χ0n) is 21.4. The number of anilines is 1. The molecule has 4 rings (SSSR count). The molecule has 1 fully saturated rings. The van der Waals surface area contributed by atoms with Crippen LogP contribution in [0.4, 0.5) is 10.5 Å². The van der Waals surface area contributed by atoms with Crippen molar-refractivity contribution in [3.8, 4) is 11.5 Å². The van der Waals surface area contributed by atoms with Crippen molar-refractivity contribution in [3.05, 3.63) is 53.6 Å². The van der Waals surface area contributed by atoms with Crippen LogP contribution in [0, 0.1) is 0 Å². The van der Waals surface area contributed by atoms with E-state index in [1.165, 1.54) is 5.01 Å². The summed E-state index contributed by atoms with van der Waals surface area (Å²) >= 11 is 0. The molecule has 2 heterocycles. The van der Waals surface area contributed by atoms with Gasteiger partial charge in [-0.3, -0.25) is 15.0 Å². The van der Waals surface area contributed by atoms with Crippen molar-refractivity contribution in [2.75, 3.05) is 58.5 Å². The molecule has 2 amide bonds. The fraction of sp³-hybridized carbons (Fsp3) is 0.444. The van der Waals surface area contributed by atoms with E-state index in [0.29, 0.717) is 69.5 Å². The first-order chi connectivity index (χ1) is 18.1. The van der Waals surface area contributed by atoms with E-state index in [1.807, 2.05) is 37.3 Å². The third kappa shape index (κ3) is 7.43. The zero-order valence-corrected chi connectivity index (χ0v) is 21.4. The van der Waals surface area contributed by atoms with Crippen molar-refractivity contribution in [1.29, 1.82) is 0 Å². The van der Waals surface area contributed by atoms with Crippen LogP contribution in [0.1, 0.15) is 30.9 Å². The Labute approximate surface area is 217 Å². The quantitative estimate of drug-likeness (QED) is 0.522. The molecule has 2 aromatic rings. The number of hydrazone groups is 1. The fourth-order valence-corrected chi connectivity index (χ4v) is 4.17. The Morgan fingerprint density at radius 3 is 2.59 bits per heavy atom. The number of benzene rings is 2. The molecule has 198 valence electrons. The Bertz CT molecular complexity index is 1100. The van der Waals surface area contributed by atoms with E-state index in [2.05, 4.69) is 15.3 Å². The molecular weight excluding hydrogens is 476 g/mol. The van der Waals surface area contributed by atoms with E-state index < -0.39 is 6.09 Å². The number of carbonyl (C=O) groups is 2. The van der Waals surface area contributed by atoms with Gasteiger partial charge in [-0.05, 0) is 42.8 Å². The Hall–Kier alpha value is -3.63. The third-order valence-corrected chi connectivity index (χ3v) is 6.18. The van der Waals surface area contributed by atoms with Crippen LogP contribution in [0.2, 0.25) is 0 Å². The molecule has 0 radical (unpaired) electrons. The lowest BCUT2D eigenvalue weighted by molar-refractivity contribution is -0.132. The van der Waals surface area contributed by atoms with Gasteiger partial charge in [0.2, 0.25) is 5.91 Å². The molecule has 2 aliphatic rings. The maximum absolute atomic E-state index is 12.6. The monoisotopic (exact) mass is 510 g/mol. The van der Waals surface area contributed by atoms with Gasteiger partial charge in [-0.15, -0.1) is 0 Å². The first-order valence-electron chi connectivity index (χ1n) is 12.6. The fourth-order valence-electron chi connectivity index (χ4n) is 4.17. The van der Waals surface area contributed by atoms with E-state index in [1.54, 1.807) is 19.2 Å². The summed E-state index contributed by atoms with van der Waals surface area (Å²) in [7, 11) is 1.60. The molecule has 10 heteroatoms. The summed E-state index contributed by atoms with van der Waals surface area (Å²) in [4.78, 5) is 26.9.